The zero-order valence-corrected chi connectivity index (χ0v) is 7.28. The molecule has 78 valence electrons. The van der Waals surface area contributed by atoms with Crippen molar-refractivity contribution < 1.29 is 13.2 Å². The first kappa shape index (κ1) is 9.63. The Kier molecular flexibility index (Phi) is 1.95. The van der Waals surface area contributed by atoms with Crippen molar-refractivity contribution >= 4 is 17.0 Å². The number of rotatable bonds is 0. The van der Waals surface area contributed by atoms with E-state index in [0.29, 0.717) is 0 Å². The highest BCUT2D eigenvalue weighted by atomic mass is 19.4. The largest absolute Gasteiger partial charge is 0.417 e. The predicted molar refractivity (Wildman–Crippen MR) is 46.7 cm³/mol. The van der Waals surface area contributed by atoms with Gasteiger partial charge < -0.3 is 5.73 Å². The third-order valence-electron chi connectivity index (χ3n) is 1.78. The number of alkyl halides is 3. The number of nitrogen functional groups attached to an aromatic ring is 1. The van der Waals surface area contributed by atoms with Crippen LogP contribution in [0.3, 0.4) is 0 Å². The van der Waals surface area contributed by atoms with Crippen LogP contribution in [-0.4, -0.2) is 15.0 Å². The number of pyridine rings is 1. The lowest BCUT2D eigenvalue weighted by atomic mass is 10.2. The van der Waals surface area contributed by atoms with E-state index in [1.54, 1.807) is 0 Å². The highest BCUT2D eigenvalue weighted by molar-refractivity contribution is 5.74. The summed E-state index contributed by atoms with van der Waals surface area (Å²) in [6, 6.07) is 0.889. The SMILES string of the molecule is Nc1ncc2ncc(C(F)(F)F)cc2n1. The zero-order valence-electron chi connectivity index (χ0n) is 7.28. The van der Waals surface area contributed by atoms with E-state index in [1.807, 2.05) is 0 Å². The Morgan fingerprint density at radius 1 is 1.07 bits per heavy atom. The van der Waals surface area contributed by atoms with Crippen LogP contribution in [0.4, 0.5) is 19.1 Å². The fourth-order valence-corrected chi connectivity index (χ4v) is 1.09. The Morgan fingerprint density at radius 3 is 2.47 bits per heavy atom. The Morgan fingerprint density at radius 2 is 1.80 bits per heavy atom. The normalized spacial score (nSPS) is 11.9. The molecular weight excluding hydrogens is 209 g/mol. The fourth-order valence-electron chi connectivity index (χ4n) is 1.09. The van der Waals surface area contributed by atoms with Crippen LogP contribution < -0.4 is 5.73 Å². The summed E-state index contributed by atoms with van der Waals surface area (Å²) in [5.74, 6) is -0.0800. The van der Waals surface area contributed by atoms with Gasteiger partial charge in [0.15, 0.2) is 0 Å². The van der Waals surface area contributed by atoms with Gasteiger partial charge in [-0.05, 0) is 6.07 Å². The summed E-state index contributed by atoms with van der Waals surface area (Å²) >= 11 is 0. The summed E-state index contributed by atoms with van der Waals surface area (Å²) in [5, 5.41) is 0. The first-order chi connectivity index (χ1) is 6.97. The summed E-state index contributed by atoms with van der Waals surface area (Å²) in [7, 11) is 0. The first-order valence-electron chi connectivity index (χ1n) is 3.92. The van der Waals surface area contributed by atoms with E-state index in [-0.39, 0.29) is 17.0 Å². The van der Waals surface area contributed by atoms with Gasteiger partial charge in [0.25, 0.3) is 0 Å². The molecule has 0 aliphatic heterocycles. The number of nitrogens with zero attached hydrogens (tertiary/aromatic N) is 3. The lowest BCUT2D eigenvalue weighted by Crippen LogP contribution is -2.06. The van der Waals surface area contributed by atoms with E-state index in [4.69, 9.17) is 5.73 Å². The molecule has 0 bridgehead atoms. The minimum Gasteiger partial charge on any atom is -0.368 e. The molecule has 2 aromatic rings. The van der Waals surface area contributed by atoms with Crippen molar-refractivity contribution in [3.05, 3.63) is 24.0 Å². The number of hydrogen-bond acceptors (Lipinski definition) is 4. The molecule has 0 aliphatic carbocycles. The van der Waals surface area contributed by atoms with E-state index in [0.717, 1.165) is 12.3 Å². The molecule has 0 saturated carbocycles. The molecule has 0 aliphatic rings. The molecule has 2 heterocycles. The minimum absolute atomic E-state index is 0.0800. The molecule has 4 nitrogen and oxygen atoms in total. The summed E-state index contributed by atoms with van der Waals surface area (Å²) in [5.41, 5.74) is 4.75. The topological polar surface area (TPSA) is 64.7 Å². The maximum atomic E-state index is 12.3. The monoisotopic (exact) mass is 214 g/mol. The third-order valence-corrected chi connectivity index (χ3v) is 1.78. The molecule has 15 heavy (non-hydrogen) atoms. The highest BCUT2D eigenvalue weighted by Gasteiger charge is 2.31. The van der Waals surface area contributed by atoms with Gasteiger partial charge in [-0.3, -0.25) is 4.98 Å². The molecule has 0 radical (unpaired) electrons. The summed E-state index contributed by atoms with van der Waals surface area (Å²) in [6.45, 7) is 0. The molecule has 0 atom stereocenters. The second-order valence-electron chi connectivity index (χ2n) is 2.85. The molecule has 0 spiro atoms. The lowest BCUT2D eigenvalue weighted by molar-refractivity contribution is -0.137. The number of nitrogens with two attached hydrogens (primary N) is 1. The van der Waals surface area contributed by atoms with Gasteiger partial charge >= 0.3 is 6.18 Å². The van der Waals surface area contributed by atoms with Gasteiger partial charge in [0, 0.05) is 6.20 Å². The number of aromatic nitrogens is 3. The quantitative estimate of drug-likeness (QED) is 0.723. The van der Waals surface area contributed by atoms with Crippen molar-refractivity contribution in [1.82, 2.24) is 15.0 Å². The number of hydrogen-bond donors (Lipinski definition) is 1. The van der Waals surface area contributed by atoms with Crippen LogP contribution >= 0.6 is 0 Å². The molecule has 2 aromatic heterocycles. The van der Waals surface area contributed by atoms with Gasteiger partial charge in [-0.2, -0.15) is 13.2 Å². The predicted octanol–water partition coefficient (Wildman–Crippen LogP) is 1.63. The Labute approximate surface area is 82.0 Å². The molecule has 2 rings (SSSR count). The molecule has 7 heteroatoms. The van der Waals surface area contributed by atoms with Crippen molar-refractivity contribution in [3.63, 3.8) is 0 Å². The zero-order chi connectivity index (χ0) is 11.1. The first-order valence-corrected chi connectivity index (χ1v) is 3.92. The smallest absolute Gasteiger partial charge is 0.368 e. The second kappa shape index (κ2) is 3.04. The van der Waals surface area contributed by atoms with Gasteiger partial charge in [0.2, 0.25) is 5.95 Å². The van der Waals surface area contributed by atoms with Gasteiger partial charge in [-0.15, -0.1) is 0 Å². The van der Waals surface area contributed by atoms with Crippen LogP contribution in [-0.2, 0) is 6.18 Å². The van der Waals surface area contributed by atoms with Crippen molar-refractivity contribution in [2.24, 2.45) is 0 Å². The van der Waals surface area contributed by atoms with E-state index >= 15 is 0 Å². The summed E-state index contributed by atoms with van der Waals surface area (Å²) in [6.07, 6.45) is -2.42. The van der Waals surface area contributed by atoms with Gasteiger partial charge in [0.05, 0.1) is 17.3 Å². The maximum Gasteiger partial charge on any atom is 0.417 e. The fraction of sp³-hybridized carbons (Fsp3) is 0.125. The highest BCUT2D eigenvalue weighted by Crippen LogP contribution is 2.29. The van der Waals surface area contributed by atoms with Crippen molar-refractivity contribution in [2.75, 3.05) is 5.73 Å². The minimum atomic E-state index is -4.43. The molecule has 0 aromatic carbocycles. The number of fused-ring (bicyclic) bond motifs is 1. The van der Waals surface area contributed by atoms with Gasteiger partial charge in [0.1, 0.15) is 5.52 Å². The van der Waals surface area contributed by atoms with Crippen molar-refractivity contribution in [2.45, 2.75) is 6.18 Å². The molecule has 0 amide bonds. The van der Waals surface area contributed by atoms with E-state index in [2.05, 4.69) is 15.0 Å². The Balaban J connectivity index is 2.64. The average Bonchev–Trinajstić information content (AvgIpc) is 2.15. The van der Waals surface area contributed by atoms with E-state index in [9.17, 15) is 13.2 Å². The summed E-state index contributed by atoms with van der Waals surface area (Å²) < 4.78 is 36.9. The Hall–Kier alpha value is -1.92. The molecular formula is C8H5F3N4. The molecule has 0 saturated heterocycles. The van der Waals surface area contributed by atoms with Gasteiger partial charge in [-0.25, -0.2) is 9.97 Å². The van der Waals surface area contributed by atoms with Crippen LogP contribution in [0.5, 0.6) is 0 Å². The third kappa shape index (κ3) is 1.80. The van der Waals surface area contributed by atoms with Crippen LogP contribution in [0.15, 0.2) is 18.5 Å². The van der Waals surface area contributed by atoms with Crippen LogP contribution in [0, 0.1) is 0 Å². The average molecular weight is 214 g/mol. The lowest BCUT2D eigenvalue weighted by Gasteiger charge is -2.06. The molecule has 2 N–H and O–H groups in total. The number of anilines is 1. The van der Waals surface area contributed by atoms with Crippen LogP contribution in [0.1, 0.15) is 5.56 Å². The molecule has 0 unspecified atom stereocenters. The Bertz CT molecular complexity index is 509. The summed E-state index contributed by atoms with van der Waals surface area (Å²) in [4.78, 5) is 10.9. The second-order valence-corrected chi connectivity index (χ2v) is 2.85. The van der Waals surface area contributed by atoms with Crippen molar-refractivity contribution in [1.29, 1.82) is 0 Å². The standard InChI is InChI=1S/C8H5F3N4/c9-8(10,11)4-1-5-6(13-2-4)3-14-7(12)15-5/h1-3H,(H2,12,14,15). The van der Waals surface area contributed by atoms with Crippen LogP contribution in [0.2, 0.25) is 0 Å². The number of halogens is 3. The van der Waals surface area contributed by atoms with E-state index < -0.39 is 11.7 Å². The maximum absolute atomic E-state index is 12.3. The molecule has 0 fully saturated rings. The van der Waals surface area contributed by atoms with Crippen LogP contribution in [0.25, 0.3) is 11.0 Å². The van der Waals surface area contributed by atoms with Gasteiger partial charge in [-0.1, -0.05) is 0 Å². The van der Waals surface area contributed by atoms with E-state index in [1.165, 1.54) is 6.20 Å². The van der Waals surface area contributed by atoms with Crippen molar-refractivity contribution in [3.8, 4) is 0 Å².